The van der Waals surface area contributed by atoms with Gasteiger partial charge in [-0.2, -0.15) is 0 Å². The minimum absolute atomic E-state index is 0. The molecule has 4 atom stereocenters. The first-order valence-corrected chi connectivity index (χ1v) is 11.6. The summed E-state index contributed by atoms with van der Waals surface area (Å²) in [6.07, 6.45) is 4.96. The van der Waals surface area contributed by atoms with Crippen LogP contribution in [0.15, 0.2) is 22.1 Å². The number of carbonyl (C=O) groups excluding carboxylic acids is 2. The van der Waals surface area contributed by atoms with Crippen LogP contribution in [0.5, 0.6) is 0 Å². The molecule has 0 radical (unpaired) electrons. The molecule has 4 rings (SSSR count). The Bertz CT molecular complexity index is 963. The maximum atomic E-state index is 12.5. The first-order chi connectivity index (χ1) is 12.8. The normalized spacial score (nSPS) is 25.0. The molecule has 0 unspecified atom stereocenters. The third kappa shape index (κ3) is 3.00. The summed E-state index contributed by atoms with van der Waals surface area (Å²) < 4.78 is 1.96. The van der Waals surface area contributed by atoms with Crippen molar-refractivity contribution in [2.24, 2.45) is 11.8 Å². The van der Waals surface area contributed by atoms with Gasteiger partial charge < -0.3 is 19.9 Å². The summed E-state index contributed by atoms with van der Waals surface area (Å²) in [4.78, 5) is 32.0. The number of thiazole rings is 1. The molecule has 0 aliphatic carbocycles. The number of aliphatic hydroxyl groups is 1. The number of hydrogen-bond acceptors (Lipinski definition) is 8. The molecule has 11 heteroatoms. The van der Waals surface area contributed by atoms with E-state index in [1.807, 2.05) is 30.0 Å². The monoisotopic (exact) mass is 447 g/mol. The van der Waals surface area contributed by atoms with Gasteiger partial charge >= 0.3 is 29.6 Å². The number of thioether (sulfide) groups is 2. The van der Waals surface area contributed by atoms with E-state index in [1.54, 1.807) is 6.92 Å². The quantitative estimate of drug-likeness (QED) is 0.327. The van der Waals surface area contributed by atoms with Crippen molar-refractivity contribution < 1.29 is 49.4 Å². The van der Waals surface area contributed by atoms with Crippen LogP contribution in [0.2, 0.25) is 0 Å². The van der Waals surface area contributed by atoms with Crippen LogP contribution in [-0.4, -0.2) is 55.9 Å². The zero-order valence-electron chi connectivity index (χ0n) is 16.1. The van der Waals surface area contributed by atoms with Crippen LogP contribution >= 0.6 is 34.9 Å². The fourth-order valence-electron chi connectivity index (χ4n) is 4.12. The number of rotatable bonds is 5. The number of carboxylic acid groups (broad SMARTS) is 1. The molecule has 0 spiro atoms. The number of aromatic nitrogens is 2. The van der Waals surface area contributed by atoms with E-state index in [0.29, 0.717) is 5.57 Å². The number of carboxylic acids is 1. The van der Waals surface area contributed by atoms with Crippen LogP contribution in [-0.2, 0) is 9.59 Å². The van der Waals surface area contributed by atoms with Gasteiger partial charge in [-0.3, -0.25) is 9.20 Å². The molecular formula is C17H18N3NaO4S3. The predicted octanol–water partition coefficient (Wildman–Crippen LogP) is -1.84. The number of nitrogens with zero attached hydrogens (tertiary/aromatic N) is 3. The molecule has 0 saturated carbocycles. The predicted molar refractivity (Wildman–Crippen MR) is 104 cm³/mol. The molecule has 1 amide bonds. The Hall–Kier alpha value is -0.490. The third-order valence-electron chi connectivity index (χ3n) is 5.26. The van der Waals surface area contributed by atoms with Gasteiger partial charge in [0.25, 0.3) is 0 Å². The summed E-state index contributed by atoms with van der Waals surface area (Å²) >= 11 is 4.52. The average molecular weight is 448 g/mol. The molecule has 7 nitrogen and oxygen atoms in total. The Morgan fingerprint density at radius 1 is 1.39 bits per heavy atom. The van der Waals surface area contributed by atoms with E-state index >= 15 is 0 Å². The number of aliphatic hydroxyl groups excluding tert-OH is 1. The first-order valence-electron chi connectivity index (χ1n) is 8.38. The van der Waals surface area contributed by atoms with E-state index in [1.165, 1.54) is 39.8 Å². The van der Waals surface area contributed by atoms with Gasteiger partial charge in [-0.05, 0) is 19.4 Å². The minimum atomic E-state index is -1.36. The molecule has 2 aromatic heterocycles. The largest absolute Gasteiger partial charge is 1.00 e. The Morgan fingerprint density at radius 2 is 2.07 bits per heavy atom. The van der Waals surface area contributed by atoms with Gasteiger partial charge in [0.1, 0.15) is 9.86 Å². The van der Waals surface area contributed by atoms with Crippen LogP contribution < -0.4 is 34.7 Å². The molecule has 0 bridgehead atoms. The van der Waals surface area contributed by atoms with Gasteiger partial charge in [-0.1, -0.05) is 18.7 Å². The zero-order valence-corrected chi connectivity index (χ0v) is 20.6. The smallest absolute Gasteiger partial charge is 0.543 e. The van der Waals surface area contributed by atoms with E-state index in [0.717, 1.165) is 19.9 Å². The number of amides is 1. The topological polar surface area (TPSA) is 98.0 Å². The van der Waals surface area contributed by atoms with Gasteiger partial charge in [-0.25, -0.2) is 4.98 Å². The average Bonchev–Trinajstić information content (AvgIpc) is 3.23. The van der Waals surface area contributed by atoms with Crippen molar-refractivity contribution in [3.63, 3.8) is 0 Å². The van der Waals surface area contributed by atoms with Gasteiger partial charge in [-0.15, -0.1) is 23.1 Å². The SMILES string of the molecule is CSc1nc(SC)n2cc(C3=C(C(=O)[O-])N4C(=O)[C@H]([C@@H](C)O)[C@H]4[C@H]3C)sc12.[Na+]. The second-order valence-corrected chi connectivity index (χ2v) is 9.28. The van der Waals surface area contributed by atoms with Crippen LogP contribution in [0.1, 0.15) is 18.7 Å². The van der Waals surface area contributed by atoms with Crippen LogP contribution in [0.4, 0.5) is 0 Å². The standard InChI is InChI=1S/C17H19N3O4S3.Na/c1-6-9(8-5-19-15(27-8)13(25-3)18-17(19)26-4)12(16(23)24)20-11(6)10(7(2)21)14(20)22;/h5-7,10-11,21H,1-4H3,(H,23,24);/q;+1/p-1/t6-,7+,10+,11+;/m0./s1. The van der Waals surface area contributed by atoms with Gasteiger partial charge in [0.05, 0.1) is 34.6 Å². The van der Waals surface area contributed by atoms with Crippen molar-refractivity contribution in [1.82, 2.24) is 14.3 Å². The van der Waals surface area contributed by atoms with E-state index < -0.39 is 18.0 Å². The summed E-state index contributed by atoms with van der Waals surface area (Å²) in [7, 11) is 0. The third-order valence-corrected chi connectivity index (χ3v) is 7.85. The Kier molecular flexibility index (Phi) is 6.32. The van der Waals surface area contributed by atoms with Crippen molar-refractivity contribution in [3.8, 4) is 0 Å². The van der Waals surface area contributed by atoms with E-state index in [4.69, 9.17) is 0 Å². The molecule has 144 valence electrons. The molecule has 2 aromatic rings. The van der Waals surface area contributed by atoms with Crippen molar-refractivity contribution in [2.45, 2.75) is 36.2 Å². The molecule has 0 aromatic carbocycles. The second kappa shape index (κ2) is 7.98. The van der Waals surface area contributed by atoms with Crippen molar-refractivity contribution >= 4 is 57.1 Å². The van der Waals surface area contributed by atoms with Crippen LogP contribution in [0.25, 0.3) is 10.4 Å². The molecule has 1 fully saturated rings. The summed E-state index contributed by atoms with van der Waals surface area (Å²) in [6.45, 7) is 3.47. The summed E-state index contributed by atoms with van der Waals surface area (Å²) in [5, 5.41) is 23.6. The van der Waals surface area contributed by atoms with Crippen molar-refractivity contribution in [1.29, 1.82) is 0 Å². The Balaban J connectivity index is 0.00000225. The maximum absolute atomic E-state index is 12.5. The molecule has 1 N–H and O–H groups in total. The molecule has 2 aliphatic heterocycles. The maximum Gasteiger partial charge on any atom is 1.00 e. The van der Waals surface area contributed by atoms with E-state index in [9.17, 15) is 19.8 Å². The fourth-order valence-corrected chi connectivity index (χ4v) is 6.71. The number of carbonyl (C=O) groups is 2. The Morgan fingerprint density at radius 3 is 2.61 bits per heavy atom. The molecule has 1 saturated heterocycles. The molecular weight excluding hydrogens is 429 g/mol. The number of fused-ring (bicyclic) bond motifs is 2. The second-order valence-electron chi connectivity index (χ2n) is 6.68. The number of β-lactam (4-membered cyclic amide) rings is 1. The van der Waals surface area contributed by atoms with Gasteiger partial charge in [0.15, 0.2) is 5.16 Å². The number of imidazole rings is 1. The van der Waals surface area contributed by atoms with Crippen LogP contribution in [0, 0.1) is 11.8 Å². The zero-order chi connectivity index (χ0) is 19.6. The van der Waals surface area contributed by atoms with Crippen molar-refractivity contribution in [2.75, 3.05) is 12.5 Å². The van der Waals surface area contributed by atoms with Gasteiger partial charge in [0.2, 0.25) is 5.91 Å². The first kappa shape index (κ1) is 22.2. The molecule has 28 heavy (non-hydrogen) atoms. The fraction of sp³-hybridized carbons (Fsp3) is 0.471. The summed E-state index contributed by atoms with van der Waals surface area (Å²) in [5.41, 5.74) is 0.535. The molecule has 2 aliphatic rings. The van der Waals surface area contributed by atoms with E-state index in [2.05, 4.69) is 4.98 Å². The number of aliphatic carboxylic acids is 1. The van der Waals surface area contributed by atoms with Gasteiger partial charge in [0, 0.05) is 17.7 Å². The minimum Gasteiger partial charge on any atom is -0.543 e. The molecule has 4 heterocycles. The Labute approximate surface area is 196 Å². The summed E-state index contributed by atoms with van der Waals surface area (Å²) in [5.74, 6) is -2.50. The summed E-state index contributed by atoms with van der Waals surface area (Å²) in [6, 6.07) is -0.347. The van der Waals surface area contributed by atoms with E-state index in [-0.39, 0.29) is 53.1 Å². The van der Waals surface area contributed by atoms with Crippen LogP contribution in [0.3, 0.4) is 0 Å². The van der Waals surface area contributed by atoms with Crippen molar-refractivity contribution in [3.05, 3.63) is 16.8 Å². The number of hydrogen-bond donors (Lipinski definition) is 1.